The Balaban J connectivity index is 1.30. The first kappa shape index (κ1) is 31.0. The number of aromatic nitrogens is 2. The zero-order valence-electron chi connectivity index (χ0n) is 26.4. The van der Waals surface area contributed by atoms with Crippen LogP contribution in [0.5, 0.6) is 5.75 Å². The number of hydrogen-bond acceptors (Lipinski definition) is 6. The molecule has 1 aromatic heterocycles. The van der Waals surface area contributed by atoms with E-state index >= 15 is 0 Å². The SMILES string of the molecule is COc1ccc(CCn2c(C#N)nc3cc(NC(=NC4CC5CC(C)(C5)C4(C)C)N4CCN[C@@H](CF)C4)ccc3c2=O)c(F)c1. The number of nitriles is 1. The molecule has 1 saturated heterocycles. The molecule has 0 radical (unpaired) electrons. The maximum atomic E-state index is 14.5. The zero-order valence-corrected chi connectivity index (χ0v) is 26.4. The van der Waals surface area contributed by atoms with Gasteiger partial charge in [-0.15, -0.1) is 0 Å². The van der Waals surface area contributed by atoms with E-state index < -0.39 is 12.5 Å². The van der Waals surface area contributed by atoms with Crippen molar-refractivity contribution in [1.82, 2.24) is 19.8 Å². The fourth-order valence-corrected chi connectivity index (χ4v) is 7.41. The Morgan fingerprint density at radius 2 is 2.04 bits per heavy atom. The molecule has 7 rings (SSSR count). The van der Waals surface area contributed by atoms with E-state index in [9.17, 15) is 18.8 Å². The van der Waals surface area contributed by atoms with E-state index in [4.69, 9.17) is 9.73 Å². The summed E-state index contributed by atoms with van der Waals surface area (Å²) in [5, 5.41) is 17.0. The van der Waals surface area contributed by atoms with Gasteiger partial charge in [0.2, 0.25) is 5.82 Å². The molecule has 11 heteroatoms. The number of alkyl halides is 1. The van der Waals surface area contributed by atoms with Gasteiger partial charge in [0, 0.05) is 37.9 Å². The Labute approximate surface area is 262 Å². The summed E-state index contributed by atoms with van der Waals surface area (Å²) in [6.45, 7) is 8.44. The number of halogens is 2. The second-order valence-corrected chi connectivity index (χ2v) is 13.6. The van der Waals surface area contributed by atoms with Crippen LogP contribution in [0, 0.1) is 33.9 Å². The van der Waals surface area contributed by atoms with E-state index in [1.807, 2.05) is 6.07 Å². The van der Waals surface area contributed by atoms with Gasteiger partial charge < -0.3 is 20.3 Å². The molecule has 3 aliphatic carbocycles. The molecule has 2 aromatic carbocycles. The molecule has 4 aliphatic rings. The molecule has 2 bridgehead atoms. The first-order chi connectivity index (χ1) is 21.5. The van der Waals surface area contributed by atoms with Gasteiger partial charge in [-0.3, -0.25) is 9.36 Å². The number of hydrogen-bond donors (Lipinski definition) is 2. The lowest BCUT2D eigenvalue weighted by Crippen LogP contribution is -2.59. The first-order valence-electron chi connectivity index (χ1n) is 15.7. The number of anilines is 1. The Kier molecular flexibility index (Phi) is 8.29. The highest BCUT2D eigenvalue weighted by atomic mass is 19.1. The van der Waals surface area contributed by atoms with Crippen LogP contribution >= 0.6 is 0 Å². The molecule has 238 valence electrons. The lowest BCUT2D eigenvalue weighted by molar-refractivity contribution is -0.114. The average Bonchev–Trinajstić information content (AvgIpc) is 3.02. The van der Waals surface area contributed by atoms with Crippen molar-refractivity contribution in [2.24, 2.45) is 21.7 Å². The van der Waals surface area contributed by atoms with Crippen molar-refractivity contribution in [1.29, 1.82) is 5.26 Å². The predicted octanol–water partition coefficient (Wildman–Crippen LogP) is 4.88. The monoisotopic (exact) mass is 617 g/mol. The summed E-state index contributed by atoms with van der Waals surface area (Å²) >= 11 is 0. The van der Waals surface area contributed by atoms with Crippen molar-refractivity contribution in [3.8, 4) is 11.8 Å². The fraction of sp³-hybridized carbons (Fsp3) is 0.529. The molecule has 3 aromatic rings. The molecule has 45 heavy (non-hydrogen) atoms. The number of methoxy groups -OCH3 is 1. The Bertz CT molecular complexity index is 1720. The first-order valence-corrected chi connectivity index (χ1v) is 15.7. The molecular weight excluding hydrogens is 576 g/mol. The van der Waals surface area contributed by atoms with Crippen molar-refractivity contribution < 1.29 is 13.5 Å². The molecular formula is C34H41F2N7O2. The Morgan fingerprint density at radius 1 is 1.24 bits per heavy atom. The third-order valence-corrected chi connectivity index (χ3v) is 10.6. The molecule has 2 N–H and O–H groups in total. The van der Waals surface area contributed by atoms with Crippen molar-refractivity contribution in [3.05, 3.63) is 64.0 Å². The summed E-state index contributed by atoms with van der Waals surface area (Å²) in [5.41, 5.74) is 1.36. The highest BCUT2D eigenvalue weighted by molar-refractivity contribution is 5.96. The van der Waals surface area contributed by atoms with Gasteiger partial charge in [0.05, 0.1) is 30.1 Å². The molecule has 9 nitrogen and oxygen atoms in total. The highest BCUT2D eigenvalue weighted by Gasteiger charge is 2.59. The summed E-state index contributed by atoms with van der Waals surface area (Å²) < 4.78 is 34.6. The largest absolute Gasteiger partial charge is 0.497 e. The van der Waals surface area contributed by atoms with Crippen LogP contribution < -0.4 is 20.9 Å². The minimum Gasteiger partial charge on any atom is -0.497 e. The number of benzene rings is 2. The van der Waals surface area contributed by atoms with E-state index in [-0.39, 0.29) is 47.3 Å². The van der Waals surface area contributed by atoms with E-state index in [0.717, 1.165) is 6.42 Å². The minimum atomic E-state index is -0.465. The predicted molar refractivity (Wildman–Crippen MR) is 171 cm³/mol. The van der Waals surface area contributed by atoms with Crippen molar-refractivity contribution in [3.63, 3.8) is 0 Å². The number of piperazine rings is 1. The number of nitrogens with one attached hydrogen (secondary N) is 2. The molecule has 0 amide bonds. The maximum absolute atomic E-state index is 14.5. The molecule has 4 fully saturated rings. The summed E-state index contributed by atoms with van der Waals surface area (Å²) in [7, 11) is 1.47. The summed E-state index contributed by atoms with van der Waals surface area (Å²) in [4.78, 5) is 25.5. The van der Waals surface area contributed by atoms with Crippen molar-refractivity contribution >= 4 is 22.5 Å². The zero-order chi connectivity index (χ0) is 31.9. The van der Waals surface area contributed by atoms with Gasteiger partial charge >= 0.3 is 0 Å². The highest BCUT2D eigenvalue weighted by Crippen LogP contribution is 2.65. The van der Waals surface area contributed by atoms with Crippen LogP contribution in [0.3, 0.4) is 0 Å². The van der Waals surface area contributed by atoms with Gasteiger partial charge in [-0.1, -0.05) is 26.8 Å². The smallest absolute Gasteiger partial charge is 0.262 e. The van der Waals surface area contributed by atoms with E-state index in [1.54, 1.807) is 30.3 Å². The third kappa shape index (κ3) is 5.76. The maximum Gasteiger partial charge on any atom is 0.262 e. The quantitative estimate of drug-likeness (QED) is 0.287. The second-order valence-electron chi connectivity index (χ2n) is 13.6. The number of aliphatic imine (C=N–C) groups is 1. The Hall–Kier alpha value is -4.04. The van der Waals surface area contributed by atoms with Crippen LogP contribution in [0.2, 0.25) is 0 Å². The van der Waals surface area contributed by atoms with Gasteiger partial charge in [-0.05, 0) is 72.3 Å². The third-order valence-electron chi connectivity index (χ3n) is 10.6. The molecule has 1 unspecified atom stereocenters. The van der Waals surface area contributed by atoms with Crippen molar-refractivity contribution in [2.45, 2.75) is 65.1 Å². The molecule has 2 heterocycles. The van der Waals surface area contributed by atoms with Crippen LogP contribution in [0.1, 0.15) is 51.4 Å². The van der Waals surface area contributed by atoms with Gasteiger partial charge in [0.1, 0.15) is 24.3 Å². The number of fused-ring (bicyclic) bond motifs is 3. The number of aryl methyl sites for hydroxylation is 1. The number of guanidine groups is 1. The fourth-order valence-electron chi connectivity index (χ4n) is 7.41. The molecule has 2 atom stereocenters. The van der Waals surface area contributed by atoms with Crippen LogP contribution in [0.15, 0.2) is 46.2 Å². The van der Waals surface area contributed by atoms with Crippen LogP contribution in [0.4, 0.5) is 14.5 Å². The number of rotatable bonds is 7. The van der Waals surface area contributed by atoms with Gasteiger partial charge in [0.25, 0.3) is 5.56 Å². The molecule has 0 spiro atoms. The summed E-state index contributed by atoms with van der Waals surface area (Å²) in [5.74, 6) is 1.29. The lowest BCUT2D eigenvalue weighted by Gasteiger charge is -2.63. The summed E-state index contributed by atoms with van der Waals surface area (Å²) in [6, 6.07) is 11.7. The minimum absolute atomic E-state index is 0.00859. The topological polar surface area (TPSA) is 108 Å². The van der Waals surface area contributed by atoms with E-state index in [0.29, 0.717) is 59.4 Å². The van der Waals surface area contributed by atoms with E-state index in [2.05, 4.69) is 41.3 Å². The number of nitrogens with zero attached hydrogens (tertiary/aromatic N) is 5. The Morgan fingerprint density at radius 3 is 2.76 bits per heavy atom. The molecule has 3 saturated carbocycles. The van der Waals surface area contributed by atoms with E-state index in [1.165, 1.54) is 30.6 Å². The second kappa shape index (κ2) is 12.0. The average molecular weight is 618 g/mol. The van der Waals surface area contributed by atoms with Gasteiger partial charge in [-0.25, -0.2) is 18.8 Å². The lowest BCUT2D eigenvalue weighted by atomic mass is 9.43. The van der Waals surface area contributed by atoms with Gasteiger partial charge in [-0.2, -0.15) is 5.26 Å². The standard InChI is InChI=1S/C34H41F2N7O2/c1-33(2)29(13-21-16-34(33,3)17-21)41-32(42-12-10-38-24(18-35)20-42)39-23-6-8-26-28(14-23)40-30(19-37)43(31(26)44)11-9-22-5-7-25(45-4)15-27(22)36/h5-8,14-15,21,24,29,38H,9-13,16-18,20H2,1-4H3,(H,39,41)/t21?,24-,29?,34?/m0/s1. The summed E-state index contributed by atoms with van der Waals surface area (Å²) in [6.07, 6.45) is 3.70. The van der Waals surface area contributed by atoms with Gasteiger partial charge in [0.15, 0.2) is 5.96 Å². The normalized spacial score (nSPS) is 25.8. The van der Waals surface area contributed by atoms with Crippen LogP contribution in [-0.2, 0) is 13.0 Å². The van der Waals surface area contributed by atoms with Crippen LogP contribution in [-0.4, -0.2) is 65.9 Å². The molecule has 1 aliphatic heterocycles. The van der Waals surface area contributed by atoms with Crippen molar-refractivity contribution in [2.75, 3.05) is 38.7 Å². The number of ether oxygens (including phenoxy) is 1. The van der Waals surface area contributed by atoms with Crippen LogP contribution in [0.25, 0.3) is 10.9 Å².